The second-order valence-corrected chi connectivity index (χ2v) is 5.68. The van der Waals surface area contributed by atoms with Crippen molar-refractivity contribution in [3.63, 3.8) is 0 Å². The van der Waals surface area contributed by atoms with E-state index in [4.69, 9.17) is 5.73 Å². The van der Waals surface area contributed by atoms with E-state index < -0.39 is 0 Å². The Balaban J connectivity index is 1.84. The Morgan fingerprint density at radius 1 is 1.39 bits per heavy atom. The number of fused-ring (bicyclic) bond motifs is 1. The summed E-state index contributed by atoms with van der Waals surface area (Å²) in [6, 6.07) is 2.71. The molecule has 2 aliphatic rings. The number of aromatic nitrogens is 2. The fourth-order valence-electron chi connectivity index (χ4n) is 2.97. The van der Waals surface area contributed by atoms with Crippen molar-refractivity contribution in [3.05, 3.63) is 11.8 Å². The summed E-state index contributed by atoms with van der Waals surface area (Å²) in [5.41, 5.74) is 6.85. The SMILES string of the molecule is CC(C)c1cc(N2C[C@H]3CCN[C@H]3C2)nc(N)n1. The molecule has 0 amide bonds. The lowest BCUT2D eigenvalue weighted by molar-refractivity contribution is 0.556. The van der Waals surface area contributed by atoms with Gasteiger partial charge in [-0.2, -0.15) is 4.98 Å². The minimum atomic E-state index is 0.384. The van der Waals surface area contributed by atoms with Gasteiger partial charge in [-0.3, -0.25) is 0 Å². The van der Waals surface area contributed by atoms with Gasteiger partial charge in [-0.05, 0) is 24.8 Å². The van der Waals surface area contributed by atoms with E-state index in [1.165, 1.54) is 6.42 Å². The van der Waals surface area contributed by atoms with Crippen LogP contribution in [-0.2, 0) is 0 Å². The van der Waals surface area contributed by atoms with Crippen molar-refractivity contribution >= 4 is 11.8 Å². The van der Waals surface area contributed by atoms with Crippen molar-refractivity contribution < 1.29 is 0 Å². The summed E-state index contributed by atoms with van der Waals surface area (Å²) in [6.45, 7) is 7.55. The average molecular weight is 247 g/mol. The maximum absolute atomic E-state index is 5.82. The van der Waals surface area contributed by atoms with Crippen molar-refractivity contribution in [3.8, 4) is 0 Å². The van der Waals surface area contributed by atoms with Crippen LogP contribution in [0.25, 0.3) is 0 Å². The monoisotopic (exact) mass is 247 g/mol. The highest BCUT2D eigenvalue weighted by Gasteiger charge is 2.36. The molecular formula is C13H21N5. The molecule has 2 fully saturated rings. The Hall–Kier alpha value is -1.36. The molecule has 3 N–H and O–H groups in total. The molecule has 1 aromatic heterocycles. The second-order valence-electron chi connectivity index (χ2n) is 5.68. The molecule has 5 nitrogen and oxygen atoms in total. The third-order valence-corrected chi connectivity index (χ3v) is 4.03. The van der Waals surface area contributed by atoms with Crippen LogP contribution in [0.5, 0.6) is 0 Å². The molecule has 2 atom stereocenters. The molecule has 0 radical (unpaired) electrons. The van der Waals surface area contributed by atoms with Crippen LogP contribution >= 0.6 is 0 Å². The highest BCUT2D eigenvalue weighted by molar-refractivity contribution is 5.46. The minimum absolute atomic E-state index is 0.384. The molecule has 1 aromatic rings. The van der Waals surface area contributed by atoms with E-state index in [2.05, 4.69) is 40.1 Å². The summed E-state index contributed by atoms with van der Waals surface area (Å²) in [5.74, 6) is 2.53. The van der Waals surface area contributed by atoms with Gasteiger partial charge in [-0.25, -0.2) is 4.98 Å². The third-order valence-electron chi connectivity index (χ3n) is 4.03. The number of hydrogen-bond donors (Lipinski definition) is 2. The molecule has 18 heavy (non-hydrogen) atoms. The molecule has 0 aromatic carbocycles. The molecule has 0 unspecified atom stereocenters. The molecule has 2 saturated heterocycles. The zero-order valence-corrected chi connectivity index (χ0v) is 11.1. The van der Waals surface area contributed by atoms with E-state index in [0.717, 1.165) is 37.1 Å². The van der Waals surface area contributed by atoms with Gasteiger partial charge >= 0.3 is 0 Å². The summed E-state index contributed by atoms with van der Waals surface area (Å²) in [6.07, 6.45) is 1.28. The Morgan fingerprint density at radius 3 is 2.94 bits per heavy atom. The Morgan fingerprint density at radius 2 is 2.22 bits per heavy atom. The van der Waals surface area contributed by atoms with Gasteiger partial charge in [0.25, 0.3) is 0 Å². The van der Waals surface area contributed by atoms with E-state index in [1.807, 2.05) is 0 Å². The second kappa shape index (κ2) is 4.39. The molecule has 5 heteroatoms. The molecule has 3 heterocycles. The van der Waals surface area contributed by atoms with Gasteiger partial charge in [0.1, 0.15) is 5.82 Å². The van der Waals surface area contributed by atoms with Gasteiger partial charge in [-0.1, -0.05) is 13.8 Å². The fraction of sp³-hybridized carbons (Fsp3) is 0.692. The summed E-state index contributed by atoms with van der Waals surface area (Å²) in [5, 5.41) is 3.55. The van der Waals surface area contributed by atoms with E-state index >= 15 is 0 Å². The first-order valence-electron chi connectivity index (χ1n) is 6.76. The average Bonchev–Trinajstić information content (AvgIpc) is 2.87. The third kappa shape index (κ3) is 2.03. The number of nitrogen functional groups attached to an aromatic ring is 1. The maximum Gasteiger partial charge on any atom is 0.222 e. The summed E-state index contributed by atoms with van der Waals surface area (Å²) < 4.78 is 0. The molecule has 0 saturated carbocycles. The number of nitrogens with two attached hydrogens (primary N) is 1. The van der Waals surface area contributed by atoms with Gasteiger partial charge < -0.3 is 16.0 Å². The molecule has 0 bridgehead atoms. The van der Waals surface area contributed by atoms with Gasteiger partial charge in [0.05, 0.1) is 5.69 Å². The smallest absolute Gasteiger partial charge is 0.222 e. The first kappa shape index (κ1) is 11.7. The minimum Gasteiger partial charge on any atom is -0.368 e. The lowest BCUT2D eigenvalue weighted by atomic mass is 10.1. The molecule has 98 valence electrons. The topological polar surface area (TPSA) is 67.1 Å². The quantitative estimate of drug-likeness (QED) is 0.815. The van der Waals surface area contributed by atoms with Crippen molar-refractivity contribution in [2.24, 2.45) is 5.92 Å². The molecule has 0 aliphatic carbocycles. The summed E-state index contributed by atoms with van der Waals surface area (Å²) >= 11 is 0. The number of hydrogen-bond acceptors (Lipinski definition) is 5. The van der Waals surface area contributed by atoms with Crippen LogP contribution in [0.1, 0.15) is 31.9 Å². The Labute approximate surface area is 108 Å². The largest absolute Gasteiger partial charge is 0.368 e. The number of nitrogens with one attached hydrogen (secondary N) is 1. The lowest BCUT2D eigenvalue weighted by Crippen LogP contribution is -2.30. The fourth-order valence-corrected chi connectivity index (χ4v) is 2.97. The van der Waals surface area contributed by atoms with E-state index in [1.54, 1.807) is 0 Å². The van der Waals surface area contributed by atoms with Crippen molar-refractivity contribution in [2.75, 3.05) is 30.3 Å². The predicted octanol–water partition coefficient (Wildman–Crippen LogP) is 0.980. The normalized spacial score (nSPS) is 26.9. The number of rotatable bonds is 2. The highest BCUT2D eigenvalue weighted by atomic mass is 15.3. The summed E-state index contributed by atoms with van der Waals surface area (Å²) in [4.78, 5) is 11.0. The van der Waals surface area contributed by atoms with Crippen molar-refractivity contribution in [1.82, 2.24) is 15.3 Å². The van der Waals surface area contributed by atoms with Gasteiger partial charge in [0, 0.05) is 25.2 Å². The molecule has 0 spiro atoms. The van der Waals surface area contributed by atoms with Crippen LogP contribution in [0.15, 0.2) is 6.07 Å². The summed E-state index contributed by atoms with van der Waals surface area (Å²) in [7, 11) is 0. The van der Waals surface area contributed by atoms with E-state index in [0.29, 0.717) is 17.9 Å². The first-order chi connectivity index (χ1) is 8.63. The zero-order valence-electron chi connectivity index (χ0n) is 11.1. The molecular weight excluding hydrogens is 226 g/mol. The van der Waals surface area contributed by atoms with Crippen LogP contribution in [0, 0.1) is 5.92 Å². The number of nitrogens with zero attached hydrogens (tertiary/aromatic N) is 3. The highest BCUT2D eigenvalue weighted by Crippen LogP contribution is 2.29. The van der Waals surface area contributed by atoms with Crippen molar-refractivity contribution in [2.45, 2.75) is 32.2 Å². The maximum atomic E-state index is 5.82. The number of anilines is 2. The Kier molecular flexibility index (Phi) is 2.86. The van der Waals surface area contributed by atoms with Crippen LogP contribution in [0.4, 0.5) is 11.8 Å². The van der Waals surface area contributed by atoms with Gasteiger partial charge in [0.2, 0.25) is 5.95 Å². The van der Waals surface area contributed by atoms with E-state index in [-0.39, 0.29) is 0 Å². The van der Waals surface area contributed by atoms with Gasteiger partial charge in [0.15, 0.2) is 0 Å². The zero-order chi connectivity index (χ0) is 12.7. The van der Waals surface area contributed by atoms with Crippen LogP contribution in [0.3, 0.4) is 0 Å². The molecule has 3 rings (SSSR count). The Bertz CT molecular complexity index is 433. The predicted molar refractivity (Wildman–Crippen MR) is 72.6 cm³/mol. The lowest BCUT2D eigenvalue weighted by Gasteiger charge is -2.19. The van der Waals surface area contributed by atoms with Gasteiger partial charge in [-0.15, -0.1) is 0 Å². The van der Waals surface area contributed by atoms with Crippen molar-refractivity contribution in [1.29, 1.82) is 0 Å². The molecule has 2 aliphatic heterocycles. The van der Waals surface area contributed by atoms with Crippen LogP contribution < -0.4 is 16.0 Å². The standard InChI is InChI=1S/C13H21N5/c1-8(2)10-5-12(17-13(14)16-10)18-6-9-3-4-15-11(9)7-18/h5,8-9,11,15H,3-4,6-7H2,1-2H3,(H2,14,16,17)/t9-,11+/m1/s1. The first-order valence-corrected chi connectivity index (χ1v) is 6.76. The van der Waals surface area contributed by atoms with Crippen LogP contribution in [-0.4, -0.2) is 35.6 Å². The van der Waals surface area contributed by atoms with E-state index in [9.17, 15) is 0 Å². The van der Waals surface area contributed by atoms with Crippen LogP contribution in [0.2, 0.25) is 0 Å².